The molecule has 0 spiro atoms. The molecular formula is C21H33FN2O4Si. The Labute approximate surface area is 173 Å². The summed E-state index contributed by atoms with van der Waals surface area (Å²) in [6.07, 6.45) is -0.962. The van der Waals surface area contributed by atoms with Crippen LogP contribution in [0.15, 0.2) is 24.3 Å². The maximum absolute atomic E-state index is 13.8. The molecule has 0 unspecified atom stereocenters. The zero-order valence-electron chi connectivity index (χ0n) is 18.3. The van der Waals surface area contributed by atoms with Gasteiger partial charge in [-0.05, 0) is 44.5 Å². The third-order valence-corrected chi connectivity index (χ3v) is 6.34. The highest BCUT2D eigenvalue weighted by Gasteiger charge is 2.39. The molecule has 0 bridgehead atoms. The summed E-state index contributed by atoms with van der Waals surface area (Å²) in [6.45, 7) is 13.0. The monoisotopic (exact) mass is 424 g/mol. The Morgan fingerprint density at radius 1 is 1.24 bits per heavy atom. The second kappa shape index (κ2) is 9.15. The molecule has 2 rings (SSSR count). The number of carbonyl (C=O) groups is 2. The van der Waals surface area contributed by atoms with Crippen LogP contribution in [0.4, 0.5) is 14.0 Å². The average Bonchev–Trinajstić information content (AvgIpc) is 2.96. The highest BCUT2D eigenvalue weighted by Crippen LogP contribution is 2.29. The number of benzene rings is 1. The van der Waals surface area contributed by atoms with Crippen molar-refractivity contribution in [3.8, 4) is 0 Å². The minimum atomic E-state index is -1.31. The largest absolute Gasteiger partial charge is 0.450 e. The van der Waals surface area contributed by atoms with Gasteiger partial charge in [-0.15, -0.1) is 0 Å². The standard InChI is InChI=1S/C21H33FN2O4Si/c1-21(2,3)28-20(26)24-13-17(15-8-7-9-16(22)12-15)18(14-24)23-19(25)27-10-11-29(4,5)6/h7-9,12,17-18H,10-11,13-14H2,1-6H3,(H,23,25)/t17-,18+/m0/s1. The van der Waals surface area contributed by atoms with Crippen LogP contribution in [0.3, 0.4) is 0 Å². The summed E-state index contributed by atoms with van der Waals surface area (Å²) >= 11 is 0. The van der Waals surface area contributed by atoms with E-state index < -0.39 is 25.9 Å². The van der Waals surface area contributed by atoms with Crippen LogP contribution in [0, 0.1) is 5.82 Å². The zero-order valence-corrected chi connectivity index (χ0v) is 19.3. The first-order valence-electron chi connectivity index (χ1n) is 10.0. The van der Waals surface area contributed by atoms with Crippen LogP contribution >= 0.6 is 0 Å². The van der Waals surface area contributed by atoms with E-state index in [1.807, 2.05) is 0 Å². The molecule has 0 saturated carbocycles. The maximum Gasteiger partial charge on any atom is 0.410 e. The highest BCUT2D eigenvalue weighted by atomic mass is 28.3. The second-order valence-corrected chi connectivity index (χ2v) is 15.4. The zero-order chi connectivity index (χ0) is 21.8. The summed E-state index contributed by atoms with van der Waals surface area (Å²) < 4.78 is 24.6. The predicted molar refractivity (Wildman–Crippen MR) is 113 cm³/mol. The smallest absolute Gasteiger partial charge is 0.410 e. The van der Waals surface area contributed by atoms with Gasteiger partial charge in [0.1, 0.15) is 11.4 Å². The first kappa shape index (κ1) is 23.2. The number of hydrogen-bond donors (Lipinski definition) is 1. The first-order chi connectivity index (χ1) is 13.3. The minimum absolute atomic E-state index is 0.247. The second-order valence-electron chi connectivity index (χ2n) is 9.74. The number of alkyl carbamates (subject to hydrolysis) is 1. The topological polar surface area (TPSA) is 67.9 Å². The number of halogens is 1. The lowest BCUT2D eigenvalue weighted by Crippen LogP contribution is -2.42. The lowest BCUT2D eigenvalue weighted by molar-refractivity contribution is 0.0288. The molecule has 1 heterocycles. The molecule has 29 heavy (non-hydrogen) atoms. The van der Waals surface area contributed by atoms with Gasteiger partial charge in [-0.1, -0.05) is 31.8 Å². The summed E-state index contributed by atoms with van der Waals surface area (Å²) in [4.78, 5) is 26.4. The van der Waals surface area contributed by atoms with E-state index in [-0.39, 0.29) is 24.3 Å². The molecule has 1 saturated heterocycles. The van der Waals surface area contributed by atoms with Crippen LogP contribution in [0.2, 0.25) is 25.7 Å². The Hall–Kier alpha value is -2.09. The number of nitrogens with one attached hydrogen (secondary N) is 1. The van der Waals surface area contributed by atoms with Gasteiger partial charge in [0.05, 0.1) is 12.6 Å². The first-order valence-corrected chi connectivity index (χ1v) is 13.7. The number of hydrogen-bond acceptors (Lipinski definition) is 4. The Kier molecular flexibility index (Phi) is 7.32. The van der Waals surface area contributed by atoms with Crippen molar-refractivity contribution >= 4 is 20.3 Å². The van der Waals surface area contributed by atoms with E-state index in [0.717, 1.165) is 11.6 Å². The normalized spacial score (nSPS) is 19.8. The number of rotatable bonds is 5. The molecule has 1 N–H and O–H groups in total. The Morgan fingerprint density at radius 2 is 1.93 bits per heavy atom. The third kappa shape index (κ3) is 7.68. The van der Waals surface area contributed by atoms with Crippen molar-refractivity contribution in [3.05, 3.63) is 35.6 Å². The number of nitrogens with zero attached hydrogens (tertiary/aromatic N) is 1. The lowest BCUT2D eigenvalue weighted by atomic mass is 9.94. The molecule has 0 aromatic heterocycles. The number of amides is 2. The van der Waals surface area contributed by atoms with Crippen molar-refractivity contribution in [1.82, 2.24) is 10.2 Å². The maximum atomic E-state index is 13.8. The Morgan fingerprint density at radius 3 is 2.52 bits per heavy atom. The Bertz CT molecular complexity index is 730. The van der Waals surface area contributed by atoms with E-state index in [9.17, 15) is 14.0 Å². The minimum Gasteiger partial charge on any atom is -0.450 e. The van der Waals surface area contributed by atoms with Crippen molar-refractivity contribution in [1.29, 1.82) is 0 Å². The van der Waals surface area contributed by atoms with Gasteiger partial charge < -0.3 is 19.7 Å². The Balaban J connectivity index is 2.09. The van der Waals surface area contributed by atoms with Gasteiger partial charge in [0.2, 0.25) is 0 Å². The average molecular weight is 425 g/mol. The van der Waals surface area contributed by atoms with Crippen LogP contribution in [0.25, 0.3) is 0 Å². The molecule has 1 aromatic carbocycles. The summed E-state index contributed by atoms with van der Waals surface area (Å²) in [6, 6.07) is 6.74. The van der Waals surface area contributed by atoms with Gasteiger partial charge >= 0.3 is 12.2 Å². The van der Waals surface area contributed by atoms with E-state index in [0.29, 0.717) is 13.2 Å². The fourth-order valence-corrected chi connectivity index (χ4v) is 3.86. The van der Waals surface area contributed by atoms with Crippen molar-refractivity contribution < 1.29 is 23.5 Å². The van der Waals surface area contributed by atoms with Gasteiger partial charge in [0.25, 0.3) is 0 Å². The van der Waals surface area contributed by atoms with Crippen molar-refractivity contribution in [2.45, 2.75) is 64.0 Å². The molecule has 162 valence electrons. The summed E-state index contributed by atoms with van der Waals surface area (Å²) in [5.74, 6) is -0.600. The molecule has 2 amide bonds. The van der Waals surface area contributed by atoms with E-state index in [1.54, 1.807) is 37.8 Å². The van der Waals surface area contributed by atoms with E-state index >= 15 is 0 Å². The third-order valence-electron chi connectivity index (χ3n) is 4.64. The van der Waals surface area contributed by atoms with E-state index in [2.05, 4.69) is 25.0 Å². The fraction of sp³-hybridized carbons (Fsp3) is 0.619. The summed E-state index contributed by atoms with van der Waals surface area (Å²) in [7, 11) is -1.31. The summed E-state index contributed by atoms with van der Waals surface area (Å²) in [5.41, 5.74) is 0.107. The van der Waals surface area contributed by atoms with E-state index in [4.69, 9.17) is 9.47 Å². The lowest BCUT2D eigenvalue weighted by Gasteiger charge is -2.24. The number of carbonyl (C=O) groups excluding carboxylic acids is 2. The molecule has 1 aliphatic rings. The van der Waals surface area contributed by atoms with Crippen molar-refractivity contribution in [2.24, 2.45) is 0 Å². The van der Waals surface area contributed by atoms with Gasteiger partial charge in [-0.25, -0.2) is 14.0 Å². The van der Waals surface area contributed by atoms with Crippen molar-refractivity contribution in [2.75, 3.05) is 19.7 Å². The molecule has 6 nitrogen and oxygen atoms in total. The quantitative estimate of drug-likeness (QED) is 0.702. The van der Waals surface area contributed by atoms with Crippen LogP contribution in [0.5, 0.6) is 0 Å². The van der Waals surface area contributed by atoms with Crippen LogP contribution in [-0.4, -0.2) is 56.5 Å². The van der Waals surface area contributed by atoms with Crippen LogP contribution in [0.1, 0.15) is 32.3 Å². The van der Waals surface area contributed by atoms with Gasteiger partial charge in [-0.3, -0.25) is 0 Å². The molecule has 0 radical (unpaired) electrons. The highest BCUT2D eigenvalue weighted by molar-refractivity contribution is 6.76. The number of likely N-dealkylation sites (tertiary alicyclic amines) is 1. The summed E-state index contributed by atoms with van der Waals surface area (Å²) in [5, 5.41) is 2.86. The van der Waals surface area contributed by atoms with Gasteiger partial charge in [0.15, 0.2) is 0 Å². The molecule has 1 aromatic rings. The molecule has 1 aliphatic heterocycles. The fourth-order valence-electron chi connectivity index (χ4n) is 3.14. The van der Waals surface area contributed by atoms with E-state index in [1.165, 1.54) is 12.1 Å². The van der Waals surface area contributed by atoms with Crippen LogP contribution in [-0.2, 0) is 9.47 Å². The SMILES string of the molecule is CC(C)(C)OC(=O)N1C[C@@H](NC(=O)OCC[Si](C)(C)C)[C@H](c2cccc(F)c2)C1. The number of ether oxygens (including phenoxy) is 2. The van der Waals surface area contributed by atoms with Gasteiger partial charge in [-0.2, -0.15) is 0 Å². The van der Waals surface area contributed by atoms with Crippen molar-refractivity contribution in [3.63, 3.8) is 0 Å². The predicted octanol–water partition coefficient (Wildman–Crippen LogP) is 4.59. The molecular weight excluding hydrogens is 391 g/mol. The molecule has 1 fully saturated rings. The van der Waals surface area contributed by atoms with Gasteiger partial charge in [0, 0.05) is 27.1 Å². The molecule has 8 heteroatoms. The molecule has 2 atom stereocenters. The van der Waals surface area contributed by atoms with Crippen LogP contribution < -0.4 is 5.32 Å². The molecule has 0 aliphatic carbocycles.